The maximum Gasteiger partial charge on any atom is 0.0669 e. The summed E-state index contributed by atoms with van der Waals surface area (Å²) in [6.07, 6.45) is 5.70. The lowest BCUT2D eigenvalue weighted by molar-refractivity contribution is 0.0660. The number of hydrogen-bond donors (Lipinski definition) is 1. The Hall–Kier alpha value is -0.870. The van der Waals surface area contributed by atoms with Crippen LogP contribution >= 0.6 is 0 Å². The van der Waals surface area contributed by atoms with Crippen LogP contribution in [0, 0.1) is 5.92 Å². The number of hydrogen-bond acceptors (Lipinski definition) is 3. The molecule has 0 aromatic carbocycles. The largest absolute Gasteiger partial charge is 0.330 e. The van der Waals surface area contributed by atoms with E-state index in [9.17, 15) is 0 Å². The first-order valence-electron chi connectivity index (χ1n) is 7.56. The summed E-state index contributed by atoms with van der Waals surface area (Å²) in [7, 11) is 2.02. The van der Waals surface area contributed by atoms with Crippen LogP contribution in [0.2, 0.25) is 0 Å². The first-order chi connectivity index (χ1) is 9.08. The van der Waals surface area contributed by atoms with Crippen molar-refractivity contribution in [2.24, 2.45) is 18.7 Å². The molecule has 1 aromatic heterocycles. The van der Waals surface area contributed by atoms with Crippen LogP contribution in [0.3, 0.4) is 0 Å². The number of aryl methyl sites for hydroxylation is 2. The van der Waals surface area contributed by atoms with Crippen molar-refractivity contribution in [1.82, 2.24) is 14.7 Å². The highest BCUT2D eigenvalue weighted by Crippen LogP contribution is 2.38. The van der Waals surface area contributed by atoms with Crippen molar-refractivity contribution in [3.05, 3.63) is 17.5 Å². The van der Waals surface area contributed by atoms with Gasteiger partial charge < -0.3 is 5.73 Å². The molecular weight excluding hydrogens is 236 g/mol. The van der Waals surface area contributed by atoms with Gasteiger partial charge in [-0.2, -0.15) is 5.10 Å². The molecule has 108 valence electrons. The van der Waals surface area contributed by atoms with Crippen LogP contribution in [-0.2, 0) is 13.5 Å². The second-order valence-electron chi connectivity index (χ2n) is 5.97. The summed E-state index contributed by atoms with van der Waals surface area (Å²) in [4.78, 5) is 2.61. The molecule has 0 radical (unpaired) electrons. The van der Waals surface area contributed by atoms with Gasteiger partial charge in [0.2, 0.25) is 0 Å². The topological polar surface area (TPSA) is 47.1 Å². The minimum Gasteiger partial charge on any atom is -0.330 e. The Morgan fingerprint density at radius 1 is 1.47 bits per heavy atom. The Kier molecular flexibility index (Phi) is 4.63. The van der Waals surface area contributed by atoms with Gasteiger partial charge in [-0.25, -0.2) is 0 Å². The molecule has 1 saturated heterocycles. The number of likely N-dealkylation sites (tertiary alicyclic amines) is 1. The van der Waals surface area contributed by atoms with E-state index < -0.39 is 0 Å². The summed E-state index contributed by atoms with van der Waals surface area (Å²) in [5.41, 5.74) is 8.67. The Morgan fingerprint density at radius 3 is 2.79 bits per heavy atom. The fourth-order valence-corrected chi connectivity index (χ4v) is 3.44. The van der Waals surface area contributed by atoms with Gasteiger partial charge in [-0.05, 0) is 52.1 Å². The highest BCUT2D eigenvalue weighted by molar-refractivity contribution is 5.23. The zero-order chi connectivity index (χ0) is 14.0. The molecule has 0 amide bonds. The van der Waals surface area contributed by atoms with Gasteiger partial charge in [-0.3, -0.25) is 9.58 Å². The van der Waals surface area contributed by atoms with Crippen LogP contribution in [0.5, 0.6) is 0 Å². The number of rotatable bonds is 4. The molecule has 2 unspecified atom stereocenters. The molecule has 1 aromatic rings. The predicted molar refractivity (Wildman–Crippen MR) is 78.9 cm³/mol. The van der Waals surface area contributed by atoms with Gasteiger partial charge in [0.1, 0.15) is 0 Å². The average molecular weight is 264 g/mol. The molecule has 0 saturated carbocycles. The molecule has 4 nitrogen and oxygen atoms in total. The van der Waals surface area contributed by atoms with Crippen molar-refractivity contribution < 1.29 is 0 Å². The van der Waals surface area contributed by atoms with E-state index in [0.29, 0.717) is 18.0 Å². The minimum atomic E-state index is 0.447. The van der Waals surface area contributed by atoms with Crippen LogP contribution in [0.15, 0.2) is 6.20 Å². The first-order valence-corrected chi connectivity index (χ1v) is 7.56. The van der Waals surface area contributed by atoms with Gasteiger partial charge >= 0.3 is 0 Å². The molecule has 1 aliphatic rings. The fourth-order valence-electron chi connectivity index (χ4n) is 3.44. The van der Waals surface area contributed by atoms with Crippen molar-refractivity contribution in [2.75, 3.05) is 13.1 Å². The highest BCUT2D eigenvalue weighted by Gasteiger charge is 2.35. The predicted octanol–water partition coefficient (Wildman–Crippen LogP) is 2.10. The van der Waals surface area contributed by atoms with E-state index in [0.717, 1.165) is 13.0 Å². The molecule has 19 heavy (non-hydrogen) atoms. The minimum absolute atomic E-state index is 0.447. The van der Waals surface area contributed by atoms with Gasteiger partial charge in [0.25, 0.3) is 0 Å². The van der Waals surface area contributed by atoms with Crippen molar-refractivity contribution in [2.45, 2.75) is 52.1 Å². The van der Waals surface area contributed by atoms with Gasteiger partial charge in [-0.15, -0.1) is 0 Å². The molecule has 2 N–H and O–H groups in total. The van der Waals surface area contributed by atoms with Crippen molar-refractivity contribution >= 4 is 0 Å². The lowest BCUT2D eigenvalue weighted by Crippen LogP contribution is -2.45. The number of aromatic nitrogens is 2. The van der Waals surface area contributed by atoms with Gasteiger partial charge in [0.05, 0.1) is 5.69 Å². The molecule has 1 fully saturated rings. The number of nitrogens with two attached hydrogens (primary N) is 1. The maximum atomic E-state index is 6.04. The van der Waals surface area contributed by atoms with E-state index >= 15 is 0 Å². The van der Waals surface area contributed by atoms with E-state index in [1.165, 1.54) is 30.6 Å². The standard InChI is InChI=1S/C15H28N4/c1-5-14-13(10-18(4)17-14)15-12(9-16)7-6-8-19(15)11(2)3/h10-12,15H,5-9,16H2,1-4H3. The summed E-state index contributed by atoms with van der Waals surface area (Å²) in [5.74, 6) is 0.561. The van der Waals surface area contributed by atoms with Crippen LogP contribution in [-0.4, -0.2) is 33.8 Å². The second kappa shape index (κ2) is 6.06. The first kappa shape index (κ1) is 14.5. The van der Waals surface area contributed by atoms with Gasteiger partial charge in [-0.1, -0.05) is 6.92 Å². The SMILES string of the molecule is CCc1nn(C)cc1C1C(CN)CCCN1C(C)C. The monoisotopic (exact) mass is 264 g/mol. The van der Waals surface area contributed by atoms with E-state index in [-0.39, 0.29) is 0 Å². The summed E-state index contributed by atoms with van der Waals surface area (Å²) in [6, 6.07) is 1.01. The summed E-state index contributed by atoms with van der Waals surface area (Å²) < 4.78 is 1.95. The Morgan fingerprint density at radius 2 is 2.21 bits per heavy atom. The summed E-state index contributed by atoms with van der Waals surface area (Å²) in [5, 5.41) is 4.62. The number of nitrogens with zero attached hydrogens (tertiary/aromatic N) is 3. The molecule has 0 bridgehead atoms. The van der Waals surface area contributed by atoms with E-state index in [1.54, 1.807) is 0 Å². The highest BCUT2D eigenvalue weighted by atomic mass is 15.3. The lowest BCUT2D eigenvalue weighted by atomic mass is 9.83. The number of piperidine rings is 1. The average Bonchev–Trinajstić information content (AvgIpc) is 2.78. The van der Waals surface area contributed by atoms with Crippen molar-refractivity contribution in [3.63, 3.8) is 0 Å². The van der Waals surface area contributed by atoms with Gasteiger partial charge in [0.15, 0.2) is 0 Å². The Bertz CT molecular complexity index is 410. The summed E-state index contributed by atoms with van der Waals surface area (Å²) in [6.45, 7) is 8.70. The zero-order valence-electron chi connectivity index (χ0n) is 12.8. The second-order valence-corrected chi connectivity index (χ2v) is 5.97. The zero-order valence-corrected chi connectivity index (χ0v) is 12.8. The molecule has 2 heterocycles. The molecule has 0 spiro atoms. The Labute approximate surface area is 117 Å². The quantitative estimate of drug-likeness (QED) is 0.906. The Balaban J connectivity index is 2.39. The maximum absolute atomic E-state index is 6.04. The molecule has 0 aliphatic carbocycles. The molecule has 2 atom stereocenters. The van der Waals surface area contributed by atoms with Crippen LogP contribution in [0.25, 0.3) is 0 Å². The van der Waals surface area contributed by atoms with Crippen LogP contribution < -0.4 is 5.73 Å². The normalized spacial score (nSPS) is 25.2. The third-order valence-electron chi connectivity index (χ3n) is 4.35. The van der Waals surface area contributed by atoms with Gasteiger partial charge in [0, 0.05) is 30.9 Å². The third kappa shape index (κ3) is 2.84. The molecule has 1 aliphatic heterocycles. The fraction of sp³-hybridized carbons (Fsp3) is 0.800. The van der Waals surface area contributed by atoms with Crippen LogP contribution in [0.1, 0.15) is 50.9 Å². The smallest absolute Gasteiger partial charge is 0.0669 e. The molecular formula is C15H28N4. The molecule has 2 rings (SSSR count). The molecule has 4 heteroatoms. The van der Waals surface area contributed by atoms with Crippen LogP contribution in [0.4, 0.5) is 0 Å². The van der Waals surface area contributed by atoms with E-state index in [2.05, 4.69) is 37.0 Å². The van der Waals surface area contributed by atoms with E-state index in [4.69, 9.17) is 5.73 Å². The third-order valence-corrected chi connectivity index (χ3v) is 4.35. The van der Waals surface area contributed by atoms with Crippen molar-refractivity contribution in [1.29, 1.82) is 0 Å². The van der Waals surface area contributed by atoms with Crippen molar-refractivity contribution in [3.8, 4) is 0 Å². The van der Waals surface area contributed by atoms with E-state index in [1.807, 2.05) is 11.7 Å². The lowest BCUT2D eigenvalue weighted by Gasteiger charge is -2.43. The summed E-state index contributed by atoms with van der Waals surface area (Å²) >= 11 is 0.